The lowest BCUT2D eigenvalue weighted by Gasteiger charge is -2.11. The van der Waals surface area contributed by atoms with Crippen molar-refractivity contribution in [3.05, 3.63) is 104 Å². The smallest absolute Gasteiger partial charge is 0.337 e. The quantitative estimate of drug-likeness (QED) is 0.0696. The van der Waals surface area contributed by atoms with Crippen molar-refractivity contribution in [2.45, 2.75) is 50.2 Å². The summed E-state index contributed by atoms with van der Waals surface area (Å²) in [5.74, 6) is 1.97. The Kier molecular flexibility index (Phi) is 15.7. The van der Waals surface area contributed by atoms with Gasteiger partial charge >= 0.3 is 11.3 Å². The number of rotatable bonds is 12. The number of alkyl halides is 2. The number of sulfone groups is 1. The normalized spacial score (nSPS) is 10.9. The standard InChI is InChI=1S/C18H18N2O6S.C18H18N2O4S.CH2Cl2/c1-4-12-9-14(21)26-17-15(12)16(19-18(20-17)27(3,22)23)25-10-11-5-7-13(24-2)8-6-11;1-4-12-9-14(21)24-17-15(12)16(19-18(20-17)25-3)23-10-11-5-7-13(22-2)8-6-11;2-1-3/h5-9H,4,10H2,1-3H3;5-9H,4,10H2,1-3H3;1H2. The van der Waals surface area contributed by atoms with E-state index in [1.54, 1.807) is 26.4 Å². The fourth-order valence-electron chi connectivity index (χ4n) is 4.95. The molecular weight excluding hydrogens is 795 g/mol. The van der Waals surface area contributed by atoms with Crippen molar-refractivity contribution < 1.29 is 36.2 Å². The van der Waals surface area contributed by atoms with Gasteiger partial charge in [0, 0.05) is 18.4 Å². The topological polar surface area (TPSA) is 183 Å². The van der Waals surface area contributed by atoms with Crippen LogP contribution in [0.25, 0.3) is 22.2 Å². The summed E-state index contributed by atoms with van der Waals surface area (Å²) < 4.78 is 56.1. The maximum atomic E-state index is 11.9. The van der Waals surface area contributed by atoms with Gasteiger partial charge in [0.05, 0.1) is 19.6 Å². The van der Waals surface area contributed by atoms with Crippen molar-refractivity contribution in [1.82, 2.24) is 19.9 Å². The molecule has 18 heteroatoms. The van der Waals surface area contributed by atoms with Crippen LogP contribution in [0.15, 0.2) is 89.4 Å². The highest BCUT2D eigenvalue weighted by Gasteiger charge is 2.21. The van der Waals surface area contributed by atoms with E-state index < -0.39 is 26.2 Å². The molecule has 0 fully saturated rings. The highest BCUT2D eigenvalue weighted by Crippen LogP contribution is 2.30. The molecule has 6 rings (SSSR count). The SMILES string of the molecule is CCc1cc(=O)oc2nc(S(C)(=O)=O)nc(OCc3ccc(OC)cc3)c12.CCc1cc(=O)oc2nc(SC)nc(OCc3ccc(OC)cc3)c12.ClCCl. The fourth-order valence-corrected chi connectivity index (χ4v) is 5.80. The fraction of sp³-hybridized carbons (Fsp3) is 0.297. The number of thioether (sulfide) groups is 1. The van der Waals surface area contributed by atoms with Crippen molar-refractivity contribution in [3.63, 3.8) is 0 Å². The average Bonchev–Trinajstić information content (AvgIpc) is 3.18. The first-order valence-corrected chi connectivity index (χ1v) is 20.6. The third-order valence-corrected chi connectivity index (χ3v) is 9.00. The Morgan fingerprint density at radius 2 is 1.11 bits per heavy atom. The lowest BCUT2D eigenvalue weighted by molar-refractivity contribution is 0.293. The molecule has 2 aromatic carbocycles. The Bertz CT molecular complexity index is 2450. The van der Waals surface area contributed by atoms with Gasteiger partial charge in [-0.25, -0.2) is 18.0 Å². The first-order chi connectivity index (χ1) is 26.4. The molecule has 0 aliphatic carbocycles. The van der Waals surface area contributed by atoms with Crippen LogP contribution >= 0.6 is 35.0 Å². The first kappa shape index (κ1) is 42.8. The zero-order chi connectivity index (χ0) is 40.1. The zero-order valence-corrected chi connectivity index (χ0v) is 33.9. The molecule has 0 spiro atoms. The molecular formula is C37H38Cl2N4O10S2. The number of hydrogen-bond acceptors (Lipinski definition) is 15. The van der Waals surface area contributed by atoms with Gasteiger partial charge in [0.25, 0.3) is 5.16 Å². The van der Waals surface area contributed by atoms with Crippen LogP contribution in [0.1, 0.15) is 36.1 Å². The molecule has 0 unspecified atom stereocenters. The Morgan fingerprint density at radius 1 is 0.691 bits per heavy atom. The van der Waals surface area contributed by atoms with E-state index in [2.05, 4.69) is 19.9 Å². The Balaban J connectivity index is 0.000000229. The van der Waals surface area contributed by atoms with Crippen LogP contribution < -0.4 is 30.2 Å². The van der Waals surface area contributed by atoms with Crippen LogP contribution in [0, 0.1) is 0 Å². The van der Waals surface area contributed by atoms with E-state index >= 15 is 0 Å². The molecule has 0 amide bonds. The van der Waals surface area contributed by atoms with E-state index in [1.807, 2.05) is 56.5 Å². The van der Waals surface area contributed by atoms with Gasteiger partial charge in [0.15, 0.2) is 5.16 Å². The number of hydrogen-bond donors (Lipinski definition) is 0. The maximum absolute atomic E-state index is 11.9. The monoisotopic (exact) mass is 832 g/mol. The summed E-state index contributed by atoms with van der Waals surface area (Å²) in [5, 5.41) is 1.26. The number of benzene rings is 2. The second-order valence-electron chi connectivity index (χ2n) is 11.2. The molecule has 14 nitrogen and oxygen atoms in total. The zero-order valence-electron chi connectivity index (χ0n) is 30.8. The number of ether oxygens (including phenoxy) is 4. The molecule has 0 saturated carbocycles. The van der Waals surface area contributed by atoms with Gasteiger partial charge in [0.1, 0.15) is 35.5 Å². The molecule has 0 aliphatic heterocycles. The number of aryl methyl sites for hydroxylation is 2. The minimum Gasteiger partial charge on any atom is -0.497 e. The van der Waals surface area contributed by atoms with Gasteiger partial charge in [-0.2, -0.15) is 19.9 Å². The largest absolute Gasteiger partial charge is 0.497 e. The third kappa shape index (κ3) is 11.6. The number of methoxy groups -OCH3 is 2. The Labute approximate surface area is 331 Å². The number of aromatic nitrogens is 4. The van der Waals surface area contributed by atoms with Crippen molar-refractivity contribution >= 4 is 67.0 Å². The van der Waals surface area contributed by atoms with Gasteiger partial charge in [-0.15, -0.1) is 23.2 Å². The van der Waals surface area contributed by atoms with Gasteiger partial charge in [-0.3, -0.25) is 0 Å². The molecule has 0 atom stereocenters. The van der Waals surface area contributed by atoms with Gasteiger partial charge < -0.3 is 27.8 Å². The van der Waals surface area contributed by atoms with Crippen LogP contribution in [0.5, 0.6) is 23.3 Å². The molecule has 0 radical (unpaired) electrons. The maximum Gasteiger partial charge on any atom is 0.337 e. The first-order valence-electron chi connectivity index (χ1n) is 16.4. The Morgan fingerprint density at radius 3 is 1.49 bits per heavy atom. The van der Waals surface area contributed by atoms with Crippen molar-refractivity contribution in [3.8, 4) is 23.3 Å². The summed E-state index contributed by atoms with van der Waals surface area (Å²) in [6.07, 6.45) is 3.99. The van der Waals surface area contributed by atoms with Crippen molar-refractivity contribution in [1.29, 1.82) is 0 Å². The molecule has 0 aliphatic rings. The van der Waals surface area contributed by atoms with Gasteiger partial charge in [0.2, 0.25) is 33.0 Å². The summed E-state index contributed by atoms with van der Waals surface area (Å²) in [7, 11) is -0.520. The third-order valence-electron chi connectivity index (χ3n) is 7.61. The highest BCUT2D eigenvalue weighted by molar-refractivity contribution is 7.98. The van der Waals surface area contributed by atoms with Crippen LogP contribution in [0.2, 0.25) is 0 Å². The molecule has 0 N–H and O–H groups in total. The summed E-state index contributed by atoms with van der Waals surface area (Å²) in [5.41, 5.74) is 2.35. The molecule has 6 aromatic rings. The van der Waals surface area contributed by atoms with E-state index in [-0.39, 0.29) is 29.3 Å². The second-order valence-corrected chi connectivity index (χ2v) is 14.7. The Hall–Kier alpha value is -4.90. The second kappa shape index (κ2) is 20.1. The number of halogens is 2. The van der Waals surface area contributed by atoms with E-state index in [1.165, 1.54) is 23.9 Å². The lowest BCUT2D eigenvalue weighted by Crippen LogP contribution is -2.10. The predicted molar refractivity (Wildman–Crippen MR) is 211 cm³/mol. The summed E-state index contributed by atoms with van der Waals surface area (Å²) >= 11 is 10.9. The molecule has 55 heavy (non-hydrogen) atoms. The van der Waals surface area contributed by atoms with E-state index in [0.29, 0.717) is 52.6 Å². The van der Waals surface area contributed by atoms with Crippen LogP contribution in [-0.4, -0.2) is 60.4 Å². The van der Waals surface area contributed by atoms with E-state index in [9.17, 15) is 18.0 Å². The molecule has 4 heterocycles. The lowest BCUT2D eigenvalue weighted by atomic mass is 10.1. The van der Waals surface area contributed by atoms with Crippen LogP contribution in [0.4, 0.5) is 0 Å². The van der Waals surface area contributed by atoms with Crippen LogP contribution in [-0.2, 0) is 35.9 Å². The number of nitrogens with zero attached hydrogens (tertiary/aromatic N) is 4. The molecule has 292 valence electrons. The number of fused-ring (bicyclic) bond motifs is 2. The minimum absolute atomic E-state index is 0.0526. The highest BCUT2D eigenvalue weighted by atomic mass is 35.5. The molecule has 4 aromatic heterocycles. The molecule has 0 saturated heterocycles. The van der Waals surface area contributed by atoms with E-state index in [4.69, 9.17) is 51.0 Å². The summed E-state index contributed by atoms with van der Waals surface area (Å²) in [6.45, 7) is 4.30. The average molecular weight is 834 g/mol. The summed E-state index contributed by atoms with van der Waals surface area (Å²) in [6, 6.07) is 17.6. The minimum atomic E-state index is -3.72. The van der Waals surface area contributed by atoms with Crippen molar-refractivity contribution in [2.75, 3.05) is 32.1 Å². The summed E-state index contributed by atoms with van der Waals surface area (Å²) in [4.78, 5) is 40.2. The van der Waals surface area contributed by atoms with Crippen LogP contribution in [0.3, 0.4) is 0 Å². The van der Waals surface area contributed by atoms with Gasteiger partial charge in [-0.05, 0) is 65.6 Å². The van der Waals surface area contributed by atoms with E-state index in [0.717, 1.165) is 28.7 Å². The van der Waals surface area contributed by atoms with Gasteiger partial charge in [-0.1, -0.05) is 49.9 Å². The predicted octanol–water partition coefficient (Wildman–Crippen LogP) is 7.01. The molecule has 0 bridgehead atoms. The van der Waals surface area contributed by atoms with Crippen molar-refractivity contribution in [2.24, 2.45) is 0 Å².